The zero-order valence-electron chi connectivity index (χ0n) is 19.6. The Morgan fingerprint density at radius 3 is 2.10 bits per heavy atom. The normalized spacial score (nSPS) is 18.5. The molecule has 165 valence electrons. The van der Waals surface area contributed by atoms with Gasteiger partial charge in [-0.1, -0.05) is 0 Å². The summed E-state index contributed by atoms with van der Waals surface area (Å²) in [5, 5.41) is 0. The van der Waals surface area contributed by atoms with Gasteiger partial charge in [0.15, 0.2) is 0 Å². The standard InChI is InChI=1S/C25H29.C2H6Si.2ClH.Zr/c1-25(2,3)22-14-12-19(13-15-22)23-11-7-10-20-16-21(17-24(20)23)18-8-5-4-6-9-18;1-3-2;;;/h7,10-18H,4-6,8-9H2,1-3H3;1-2H3;2*1H;/q;;;;+2/p-2. The summed E-state index contributed by atoms with van der Waals surface area (Å²) in [5.41, 5.74) is 9.56. The van der Waals surface area contributed by atoms with Crippen LogP contribution in [0, 0.1) is 5.92 Å². The summed E-state index contributed by atoms with van der Waals surface area (Å²) < 4.78 is 0.842. The van der Waals surface area contributed by atoms with Gasteiger partial charge in [-0.15, -0.1) is 0 Å². The summed E-state index contributed by atoms with van der Waals surface area (Å²) in [6.45, 7) is 12.0. The van der Waals surface area contributed by atoms with Gasteiger partial charge in [-0.05, 0) is 0 Å². The number of hydrogen-bond donors (Lipinski definition) is 0. The molecular formula is C27H35Cl2SiZr. The van der Waals surface area contributed by atoms with Gasteiger partial charge in [0, 0.05) is 0 Å². The van der Waals surface area contributed by atoms with Crippen LogP contribution >= 0.6 is 0 Å². The van der Waals surface area contributed by atoms with Crippen LogP contribution in [0.25, 0.3) is 17.2 Å². The number of fused-ring (bicyclic) bond motifs is 1. The molecule has 2 aromatic rings. The van der Waals surface area contributed by atoms with E-state index in [4.69, 9.17) is 0 Å². The minimum atomic E-state index is -0.390. The number of halogens is 2. The van der Waals surface area contributed by atoms with E-state index in [-0.39, 0.29) is 36.2 Å². The smallest absolute Gasteiger partial charge is 1.00 e. The van der Waals surface area contributed by atoms with Gasteiger partial charge in [-0.25, -0.2) is 0 Å². The van der Waals surface area contributed by atoms with Crippen LogP contribution in [-0.2, 0) is 27.8 Å². The second-order valence-corrected chi connectivity index (χ2v) is 23.4. The average Bonchev–Trinajstić information content (AvgIpc) is 3.06. The molecule has 1 unspecified atom stereocenters. The van der Waals surface area contributed by atoms with Gasteiger partial charge in [0.1, 0.15) is 0 Å². The molecule has 2 aliphatic rings. The van der Waals surface area contributed by atoms with Crippen molar-refractivity contribution in [3.8, 4) is 11.1 Å². The van der Waals surface area contributed by atoms with Crippen molar-refractivity contribution >= 4 is 12.0 Å². The molecule has 4 rings (SSSR count). The van der Waals surface area contributed by atoms with E-state index in [1.165, 1.54) is 48.8 Å². The maximum atomic E-state index is 2.66. The van der Waals surface area contributed by atoms with Crippen molar-refractivity contribution in [3.05, 3.63) is 64.7 Å². The van der Waals surface area contributed by atoms with Gasteiger partial charge in [-0.3, -0.25) is 0 Å². The van der Waals surface area contributed by atoms with Crippen molar-refractivity contribution in [2.45, 2.75) is 75.0 Å². The summed E-state index contributed by atoms with van der Waals surface area (Å²) in [4.78, 5) is 0. The van der Waals surface area contributed by atoms with E-state index in [2.05, 4.69) is 82.4 Å². The Kier molecular flexibility index (Phi) is 9.90. The monoisotopic (exact) mass is 547 g/mol. The molecule has 4 heteroatoms. The third-order valence-corrected chi connectivity index (χ3v) is 15.5. The molecule has 0 spiro atoms. The summed E-state index contributed by atoms with van der Waals surface area (Å²) in [6, 6.07) is 16.5. The van der Waals surface area contributed by atoms with Gasteiger partial charge in [0.25, 0.3) is 0 Å². The van der Waals surface area contributed by atoms with Crippen LogP contribution in [-0.4, -0.2) is 5.92 Å². The third-order valence-electron chi connectivity index (χ3n) is 6.67. The Morgan fingerprint density at radius 2 is 1.52 bits per heavy atom. The van der Waals surface area contributed by atoms with E-state index in [0.29, 0.717) is 0 Å². The van der Waals surface area contributed by atoms with Crippen molar-refractivity contribution in [1.82, 2.24) is 0 Å². The third kappa shape index (κ3) is 6.06. The first-order valence-corrected chi connectivity index (χ1v) is 19.0. The molecule has 2 aliphatic carbocycles. The van der Waals surface area contributed by atoms with Gasteiger partial charge in [0.2, 0.25) is 0 Å². The van der Waals surface area contributed by atoms with Crippen molar-refractivity contribution in [1.29, 1.82) is 0 Å². The fourth-order valence-electron chi connectivity index (χ4n) is 5.07. The van der Waals surface area contributed by atoms with E-state index in [1.54, 1.807) is 11.1 Å². The van der Waals surface area contributed by atoms with Crippen LogP contribution < -0.4 is 24.8 Å². The molecule has 0 bridgehead atoms. The van der Waals surface area contributed by atoms with Crippen LogP contribution in [0.1, 0.15) is 73.2 Å². The number of rotatable bonds is 4. The summed E-state index contributed by atoms with van der Waals surface area (Å²) in [5.74, 6) is 0.762. The molecule has 2 aromatic carbocycles. The molecule has 1 radical (unpaired) electrons. The first kappa shape index (κ1) is 27.1. The fourth-order valence-corrected chi connectivity index (χ4v) is 14.0. The maximum Gasteiger partial charge on any atom is -1.00 e. The molecule has 0 aromatic heterocycles. The Labute approximate surface area is 214 Å². The minimum absolute atomic E-state index is 0. The molecule has 0 aliphatic heterocycles. The van der Waals surface area contributed by atoms with Gasteiger partial charge >= 0.3 is 191 Å². The Bertz CT molecular complexity index is 890. The molecule has 0 amide bonds. The number of allylic oxidation sites excluding steroid dienone is 1. The zero-order chi connectivity index (χ0) is 20.6. The summed E-state index contributed by atoms with van der Waals surface area (Å²) in [7, 11) is 0. The molecule has 1 atom stereocenters. The van der Waals surface area contributed by atoms with Gasteiger partial charge in [-0.2, -0.15) is 0 Å². The second kappa shape index (κ2) is 11.3. The van der Waals surface area contributed by atoms with Crippen LogP contribution in [0.3, 0.4) is 0 Å². The van der Waals surface area contributed by atoms with Gasteiger partial charge < -0.3 is 24.8 Å². The van der Waals surface area contributed by atoms with Crippen molar-refractivity contribution in [2.75, 3.05) is 0 Å². The average molecular weight is 550 g/mol. The Morgan fingerprint density at radius 1 is 0.871 bits per heavy atom. The van der Waals surface area contributed by atoms with Crippen molar-refractivity contribution < 1.29 is 47.2 Å². The number of benzene rings is 2. The fraction of sp³-hybridized carbons (Fsp3) is 0.481. The quantitative estimate of drug-likeness (QED) is 0.512. The molecule has 1 saturated carbocycles. The Hall–Kier alpha value is -0.140. The molecule has 0 nitrogen and oxygen atoms in total. The SMILES string of the molecule is C[Si](C)[Zr+2][CH]1C(C2CCCCC2)=Cc2c(-c3ccc(C(C)(C)C)cc3)cccc21.[Cl-].[Cl-]. The van der Waals surface area contributed by atoms with Crippen molar-refractivity contribution in [3.63, 3.8) is 0 Å². The van der Waals surface area contributed by atoms with E-state index < -0.39 is 22.4 Å². The molecule has 1 fully saturated rings. The minimum Gasteiger partial charge on any atom is -1.00 e. The van der Waals surface area contributed by atoms with E-state index in [9.17, 15) is 0 Å². The molecule has 0 N–H and O–H groups in total. The van der Waals surface area contributed by atoms with Crippen LogP contribution in [0.4, 0.5) is 0 Å². The number of hydrogen-bond acceptors (Lipinski definition) is 0. The first-order valence-electron chi connectivity index (χ1n) is 11.4. The van der Waals surface area contributed by atoms with Crippen LogP contribution in [0.2, 0.25) is 13.1 Å². The van der Waals surface area contributed by atoms with Crippen LogP contribution in [0.5, 0.6) is 0 Å². The molecular weight excluding hydrogens is 515 g/mol. The molecule has 0 heterocycles. The zero-order valence-corrected chi connectivity index (χ0v) is 24.5. The summed E-state index contributed by atoms with van der Waals surface area (Å²) >= 11 is -0.390. The largest absolute Gasteiger partial charge is 1.00 e. The topological polar surface area (TPSA) is 0 Å². The maximum absolute atomic E-state index is 2.66. The predicted molar refractivity (Wildman–Crippen MR) is 125 cm³/mol. The molecule has 31 heavy (non-hydrogen) atoms. The van der Waals surface area contributed by atoms with Crippen molar-refractivity contribution in [2.24, 2.45) is 5.92 Å². The Balaban J connectivity index is 0.00000171. The second-order valence-electron chi connectivity index (χ2n) is 10.2. The van der Waals surface area contributed by atoms with E-state index in [1.807, 2.05) is 5.57 Å². The first-order chi connectivity index (χ1) is 13.8. The summed E-state index contributed by atoms with van der Waals surface area (Å²) in [6.07, 6.45) is 9.85. The van der Waals surface area contributed by atoms with E-state index in [0.717, 1.165) is 9.54 Å². The van der Waals surface area contributed by atoms with Crippen LogP contribution in [0.15, 0.2) is 48.0 Å². The predicted octanol–water partition coefficient (Wildman–Crippen LogP) is 2.01. The van der Waals surface area contributed by atoms with E-state index >= 15 is 0 Å². The van der Waals surface area contributed by atoms with Gasteiger partial charge in [0.05, 0.1) is 0 Å². The molecule has 0 saturated heterocycles.